The molecule has 0 aliphatic heterocycles. The normalized spacial score (nSPS) is 10.3. The number of benzene rings is 1. The number of carbonyl (C=O) groups is 1. The molecule has 4 nitrogen and oxygen atoms in total. The van der Waals surface area contributed by atoms with Crippen LogP contribution in [-0.4, -0.2) is 22.8 Å². The van der Waals surface area contributed by atoms with Gasteiger partial charge in [-0.15, -0.1) is 11.3 Å². The van der Waals surface area contributed by atoms with Gasteiger partial charge in [0.05, 0.1) is 17.7 Å². The summed E-state index contributed by atoms with van der Waals surface area (Å²) < 4.78 is 0. The Balaban J connectivity index is 2.12. The van der Waals surface area contributed by atoms with Crippen molar-refractivity contribution in [2.45, 2.75) is 13.5 Å². The quantitative estimate of drug-likeness (QED) is 0.862. The molecule has 5 heteroatoms. The van der Waals surface area contributed by atoms with E-state index in [0.29, 0.717) is 17.8 Å². The fraction of sp³-hybridized carbons (Fsp3) is 0.231. The summed E-state index contributed by atoms with van der Waals surface area (Å²) in [7, 11) is 1.76. The number of nitrogens with zero attached hydrogens (tertiary/aromatic N) is 2. The second-order valence-electron chi connectivity index (χ2n) is 4.21. The van der Waals surface area contributed by atoms with Gasteiger partial charge in [-0.1, -0.05) is 6.07 Å². The van der Waals surface area contributed by atoms with Gasteiger partial charge in [0, 0.05) is 23.7 Å². The summed E-state index contributed by atoms with van der Waals surface area (Å²) in [5, 5.41) is 1.94. The molecule has 0 atom stereocenters. The van der Waals surface area contributed by atoms with E-state index in [4.69, 9.17) is 5.73 Å². The van der Waals surface area contributed by atoms with Crippen molar-refractivity contribution in [3.05, 3.63) is 45.9 Å². The van der Waals surface area contributed by atoms with Crippen LogP contribution >= 0.6 is 11.3 Å². The number of rotatable bonds is 3. The van der Waals surface area contributed by atoms with Crippen molar-refractivity contribution >= 4 is 22.9 Å². The van der Waals surface area contributed by atoms with E-state index in [-0.39, 0.29) is 5.91 Å². The van der Waals surface area contributed by atoms with Gasteiger partial charge in [-0.25, -0.2) is 4.98 Å². The molecule has 1 aromatic heterocycles. The van der Waals surface area contributed by atoms with Crippen molar-refractivity contribution in [2.75, 3.05) is 12.8 Å². The van der Waals surface area contributed by atoms with Crippen LogP contribution in [0.5, 0.6) is 0 Å². The maximum Gasteiger partial charge on any atom is 0.254 e. The number of thiazole rings is 1. The van der Waals surface area contributed by atoms with Crippen molar-refractivity contribution in [3.63, 3.8) is 0 Å². The van der Waals surface area contributed by atoms with E-state index in [1.54, 1.807) is 29.6 Å². The van der Waals surface area contributed by atoms with E-state index < -0.39 is 0 Å². The zero-order valence-electron chi connectivity index (χ0n) is 10.4. The minimum Gasteiger partial charge on any atom is -0.398 e. The van der Waals surface area contributed by atoms with Gasteiger partial charge in [-0.3, -0.25) is 4.79 Å². The van der Waals surface area contributed by atoms with Crippen LogP contribution in [-0.2, 0) is 6.54 Å². The fourth-order valence-electron chi connectivity index (χ4n) is 1.62. The zero-order chi connectivity index (χ0) is 13.1. The molecule has 0 unspecified atom stereocenters. The molecule has 0 bridgehead atoms. The highest BCUT2D eigenvalue weighted by Gasteiger charge is 2.13. The first-order valence-corrected chi connectivity index (χ1v) is 6.51. The van der Waals surface area contributed by atoms with Gasteiger partial charge in [-0.2, -0.15) is 0 Å². The molecule has 0 aliphatic rings. The lowest BCUT2D eigenvalue weighted by atomic mass is 10.1. The van der Waals surface area contributed by atoms with Gasteiger partial charge in [-0.05, 0) is 24.6 Å². The van der Waals surface area contributed by atoms with Gasteiger partial charge >= 0.3 is 0 Å². The third-order valence-corrected chi connectivity index (χ3v) is 3.39. The third kappa shape index (κ3) is 2.68. The van der Waals surface area contributed by atoms with Crippen molar-refractivity contribution in [1.29, 1.82) is 0 Å². The predicted octanol–water partition coefficient (Wildman–Crippen LogP) is 2.31. The number of aromatic nitrogens is 1. The summed E-state index contributed by atoms with van der Waals surface area (Å²) in [6.45, 7) is 2.43. The number of amides is 1. The van der Waals surface area contributed by atoms with E-state index in [1.165, 1.54) is 11.3 Å². The standard InChI is InChI=1S/C13H15N3OS/c1-9-3-4-10(5-12(9)14)13(17)16(2)6-11-7-18-8-15-11/h3-5,7-8H,6,14H2,1-2H3. The van der Waals surface area contributed by atoms with Crippen LogP contribution < -0.4 is 5.73 Å². The Bertz CT molecular complexity index is 551. The molecule has 2 N–H and O–H groups in total. The number of anilines is 1. The molecule has 1 amide bonds. The van der Waals surface area contributed by atoms with E-state index in [0.717, 1.165) is 11.3 Å². The lowest BCUT2D eigenvalue weighted by molar-refractivity contribution is 0.0783. The maximum atomic E-state index is 12.2. The molecule has 0 saturated carbocycles. The first-order chi connectivity index (χ1) is 8.58. The van der Waals surface area contributed by atoms with E-state index >= 15 is 0 Å². The Labute approximate surface area is 110 Å². The Kier molecular flexibility index (Phi) is 3.62. The van der Waals surface area contributed by atoms with E-state index in [1.807, 2.05) is 18.4 Å². The topological polar surface area (TPSA) is 59.2 Å². The number of hydrogen-bond acceptors (Lipinski definition) is 4. The lowest BCUT2D eigenvalue weighted by Crippen LogP contribution is -2.26. The van der Waals surface area contributed by atoms with Crippen LogP contribution in [0.3, 0.4) is 0 Å². The molecule has 2 rings (SSSR count). The molecule has 0 aliphatic carbocycles. The maximum absolute atomic E-state index is 12.2. The van der Waals surface area contributed by atoms with Crippen molar-refractivity contribution in [2.24, 2.45) is 0 Å². The van der Waals surface area contributed by atoms with Gasteiger partial charge in [0.15, 0.2) is 0 Å². The Morgan fingerprint density at radius 1 is 1.50 bits per heavy atom. The average Bonchev–Trinajstić information content (AvgIpc) is 2.84. The first kappa shape index (κ1) is 12.6. The van der Waals surface area contributed by atoms with Crippen LogP contribution in [0.25, 0.3) is 0 Å². The highest BCUT2D eigenvalue weighted by molar-refractivity contribution is 7.07. The van der Waals surface area contributed by atoms with Crippen molar-refractivity contribution < 1.29 is 4.79 Å². The highest BCUT2D eigenvalue weighted by atomic mass is 32.1. The molecule has 94 valence electrons. The molecule has 0 saturated heterocycles. The number of aryl methyl sites for hydroxylation is 1. The van der Waals surface area contributed by atoms with Crippen LogP contribution in [0.2, 0.25) is 0 Å². The molecule has 0 spiro atoms. The largest absolute Gasteiger partial charge is 0.398 e. The molecule has 18 heavy (non-hydrogen) atoms. The van der Waals surface area contributed by atoms with Gasteiger partial charge in [0.1, 0.15) is 0 Å². The van der Waals surface area contributed by atoms with Crippen LogP contribution in [0.1, 0.15) is 21.6 Å². The molecule has 0 radical (unpaired) electrons. The summed E-state index contributed by atoms with van der Waals surface area (Å²) >= 11 is 1.52. The third-order valence-electron chi connectivity index (χ3n) is 2.76. The smallest absolute Gasteiger partial charge is 0.254 e. The first-order valence-electron chi connectivity index (χ1n) is 5.56. The molecule has 0 fully saturated rings. The molecular formula is C13H15N3OS. The molecular weight excluding hydrogens is 246 g/mol. The summed E-state index contributed by atoms with van der Waals surface area (Å²) in [5.41, 5.74) is 10.7. The Morgan fingerprint density at radius 3 is 2.89 bits per heavy atom. The van der Waals surface area contributed by atoms with Crippen molar-refractivity contribution in [3.8, 4) is 0 Å². The minimum absolute atomic E-state index is 0.0466. The van der Waals surface area contributed by atoms with E-state index in [9.17, 15) is 4.79 Å². The fourth-order valence-corrected chi connectivity index (χ4v) is 2.17. The summed E-state index contributed by atoms with van der Waals surface area (Å²) in [5.74, 6) is -0.0466. The zero-order valence-corrected chi connectivity index (χ0v) is 11.2. The second-order valence-corrected chi connectivity index (χ2v) is 4.93. The highest BCUT2D eigenvalue weighted by Crippen LogP contribution is 2.15. The van der Waals surface area contributed by atoms with E-state index in [2.05, 4.69) is 4.98 Å². The summed E-state index contributed by atoms with van der Waals surface area (Å²) in [6.07, 6.45) is 0. The number of hydrogen-bond donors (Lipinski definition) is 1. The predicted molar refractivity (Wildman–Crippen MR) is 73.5 cm³/mol. The Morgan fingerprint density at radius 2 is 2.28 bits per heavy atom. The Hall–Kier alpha value is -1.88. The lowest BCUT2D eigenvalue weighted by Gasteiger charge is -2.16. The summed E-state index contributed by atoms with van der Waals surface area (Å²) in [4.78, 5) is 18.0. The number of nitrogen functional groups attached to an aromatic ring is 1. The molecule has 1 heterocycles. The SMILES string of the molecule is Cc1ccc(C(=O)N(C)Cc2cscn2)cc1N. The average molecular weight is 261 g/mol. The second kappa shape index (κ2) is 5.18. The van der Waals surface area contributed by atoms with Gasteiger partial charge < -0.3 is 10.6 Å². The molecule has 1 aromatic carbocycles. The van der Waals surface area contributed by atoms with Crippen LogP contribution in [0, 0.1) is 6.92 Å². The van der Waals surface area contributed by atoms with Gasteiger partial charge in [0.2, 0.25) is 0 Å². The minimum atomic E-state index is -0.0466. The number of carbonyl (C=O) groups excluding carboxylic acids is 1. The molecule has 2 aromatic rings. The van der Waals surface area contributed by atoms with Gasteiger partial charge in [0.25, 0.3) is 5.91 Å². The van der Waals surface area contributed by atoms with Crippen LogP contribution in [0.4, 0.5) is 5.69 Å². The monoisotopic (exact) mass is 261 g/mol. The van der Waals surface area contributed by atoms with Crippen LogP contribution in [0.15, 0.2) is 29.1 Å². The van der Waals surface area contributed by atoms with Crippen molar-refractivity contribution in [1.82, 2.24) is 9.88 Å². The summed E-state index contributed by atoms with van der Waals surface area (Å²) in [6, 6.07) is 5.38. The number of nitrogens with two attached hydrogens (primary N) is 1.